The first-order chi connectivity index (χ1) is 13.8. The summed E-state index contributed by atoms with van der Waals surface area (Å²) in [6, 6.07) is 25.2. The Morgan fingerprint density at radius 1 is 0.857 bits per heavy atom. The molecule has 2 aromatic heterocycles. The van der Waals surface area contributed by atoms with Gasteiger partial charge in [0.05, 0.1) is 0 Å². The Morgan fingerprint density at radius 2 is 1.68 bits per heavy atom. The molecule has 0 fully saturated rings. The van der Waals surface area contributed by atoms with Crippen LogP contribution in [-0.4, -0.2) is 15.9 Å². The summed E-state index contributed by atoms with van der Waals surface area (Å²) in [4.78, 5) is 22.7. The van der Waals surface area contributed by atoms with Gasteiger partial charge in [-0.15, -0.1) is 0 Å². The summed E-state index contributed by atoms with van der Waals surface area (Å²) in [6.45, 7) is 0. The van der Waals surface area contributed by atoms with Crippen molar-refractivity contribution < 1.29 is 4.79 Å². The number of pyridine rings is 1. The molecule has 0 unspecified atom stereocenters. The first-order valence-corrected chi connectivity index (χ1v) is 9.71. The van der Waals surface area contributed by atoms with Crippen LogP contribution in [0.4, 0.5) is 5.69 Å². The van der Waals surface area contributed by atoms with Crippen LogP contribution in [0.3, 0.4) is 0 Å². The Hall–Kier alpha value is -3.57. The van der Waals surface area contributed by atoms with E-state index in [9.17, 15) is 4.79 Å². The maximum Gasteiger partial charge on any atom is 0.256 e. The van der Waals surface area contributed by atoms with Crippen LogP contribution >= 0.6 is 11.3 Å². The number of benzene rings is 3. The lowest BCUT2D eigenvalue weighted by atomic mass is 10.0. The molecule has 5 aromatic rings. The van der Waals surface area contributed by atoms with Gasteiger partial charge in [-0.25, -0.2) is 9.97 Å². The fourth-order valence-electron chi connectivity index (χ4n) is 3.21. The van der Waals surface area contributed by atoms with Crippen molar-refractivity contribution in [2.45, 2.75) is 0 Å². The number of anilines is 1. The number of carbonyl (C=O) groups is 1. The first kappa shape index (κ1) is 16.6. The molecule has 0 atom stereocenters. The van der Waals surface area contributed by atoms with Gasteiger partial charge in [-0.3, -0.25) is 4.79 Å². The maximum absolute atomic E-state index is 12.8. The number of nitrogens with zero attached hydrogens (tertiary/aromatic N) is 2. The summed E-state index contributed by atoms with van der Waals surface area (Å²) < 4.78 is 0. The van der Waals surface area contributed by atoms with Crippen molar-refractivity contribution in [3.63, 3.8) is 0 Å². The van der Waals surface area contributed by atoms with Crippen LogP contribution in [0.5, 0.6) is 0 Å². The quantitative estimate of drug-likeness (QED) is 0.432. The van der Waals surface area contributed by atoms with Crippen molar-refractivity contribution in [3.05, 3.63) is 90.6 Å². The molecule has 0 bridgehead atoms. The molecular weight excluding hydrogens is 366 g/mol. The Morgan fingerprint density at radius 3 is 2.54 bits per heavy atom. The Bertz CT molecular complexity index is 1270. The number of carbonyl (C=O) groups excluding carboxylic acids is 1. The molecule has 2 heterocycles. The summed E-state index contributed by atoms with van der Waals surface area (Å²) in [5, 5.41) is 5.90. The van der Waals surface area contributed by atoms with Crippen LogP contribution in [0.15, 0.2) is 85.1 Å². The van der Waals surface area contributed by atoms with E-state index in [1.54, 1.807) is 17.5 Å². The number of rotatable bonds is 3. The van der Waals surface area contributed by atoms with Gasteiger partial charge in [0.2, 0.25) is 0 Å². The number of thiazole rings is 1. The zero-order valence-corrected chi connectivity index (χ0v) is 15.6. The minimum absolute atomic E-state index is 0.117. The van der Waals surface area contributed by atoms with E-state index in [0.717, 1.165) is 37.4 Å². The Labute approximate surface area is 165 Å². The van der Waals surface area contributed by atoms with E-state index in [1.165, 1.54) is 0 Å². The molecule has 5 rings (SSSR count). The van der Waals surface area contributed by atoms with E-state index in [0.29, 0.717) is 5.56 Å². The molecule has 0 radical (unpaired) electrons. The SMILES string of the molecule is O=C(Nc1ccc(-c2nc3cccnc3s2)cc1)c1cccc2ccccc12. The second-order valence-electron chi connectivity index (χ2n) is 6.40. The average molecular weight is 381 g/mol. The fraction of sp³-hybridized carbons (Fsp3) is 0. The standard InChI is InChI=1S/C23H15N3OS/c27-21(19-8-3-6-15-5-1-2-7-18(15)19)25-17-12-10-16(11-13-17)22-26-20-9-4-14-24-23(20)28-22/h1-14H,(H,25,27). The lowest BCUT2D eigenvalue weighted by molar-refractivity contribution is 0.102. The minimum atomic E-state index is -0.117. The third-order valence-electron chi connectivity index (χ3n) is 4.59. The molecule has 28 heavy (non-hydrogen) atoms. The van der Waals surface area contributed by atoms with Gasteiger partial charge in [-0.2, -0.15) is 0 Å². The Balaban J connectivity index is 1.40. The second kappa shape index (κ2) is 6.87. The normalized spacial score (nSPS) is 11.0. The highest BCUT2D eigenvalue weighted by Gasteiger charge is 2.11. The smallest absolute Gasteiger partial charge is 0.256 e. The van der Waals surface area contributed by atoms with E-state index in [1.807, 2.05) is 78.9 Å². The number of hydrogen-bond acceptors (Lipinski definition) is 4. The highest BCUT2D eigenvalue weighted by Crippen LogP contribution is 2.29. The third-order valence-corrected chi connectivity index (χ3v) is 5.62. The summed E-state index contributed by atoms with van der Waals surface area (Å²) in [7, 11) is 0. The van der Waals surface area contributed by atoms with Gasteiger partial charge in [-0.05, 0) is 53.2 Å². The van der Waals surface area contributed by atoms with Crippen LogP contribution < -0.4 is 5.32 Å². The van der Waals surface area contributed by atoms with E-state index >= 15 is 0 Å². The molecule has 5 heteroatoms. The zero-order chi connectivity index (χ0) is 18.9. The molecular formula is C23H15N3OS. The van der Waals surface area contributed by atoms with Crippen molar-refractivity contribution in [3.8, 4) is 10.6 Å². The zero-order valence-electron chi connectivity index (χ0n) is 14.8. The van der Waals surface area contributed by atoms with Gasteiger partial charge in [0.15, 0.2) is 0 Å². The summed E-state index contributed by atoms with van der Waals surface area (Å²) >= 11 is 1.56. The highest BCUT2D eigenvalue weighted by molar-refractivity contribution is 7.21. The van der Waals surface area contributed by atoms with Crippen molar-refractivity contribution >= 4 is 44.1 Å². The molecule has 0 saturated heterocycles. The van der Waals surface area contributed by atoms with E-state index < -0.39 is 0 Å². The summed E-state index contributed by atoms with van der Waals surface area (Å²) in [6.07, 6.45) is 1.77. The number of fused-ring (bicyclic) bond motifs is 2. The molecule has 0 aliphatic carbocycles. The van der Waals surface area contributed by atoms with Crippen LogP contribution in [0, 0.1) is 0 Å². The van der Waals surface area contributed by atoms with Crippen molar-refractivity contribution in [2.75, 3.05) is 5.32 Å². The molecule has 1 N–H and O–H groups in total. The second-order valence-corrected chi connectivity index (χ2v) is 7.38. The van der Waals surface area contributed by atoms with E-state index in [4.69, 9.17) is 0 Å². The van der Waals surface area contributed by atoms with Crippen molar-refractivity contribution in [1.82, 2.24) is 9.97 Å². The van der Waals surface area contributed by atoms with Crippen LogP contribution in [-0.2, 0) is 0 Å². The molecule has 1 amide bonds. The number of hydrogen-bond donors (Lipinski definition) is 1. The third kappa shape index (κ3) is 3.02. The van der Waals surface area contributed by atoms with E-state index in [2.05, 4.69) is 15.3 Å². The first-order valence-electron chi connectivity index (χ1n) is 8.89. The van der Waals surface area contributed by atoms with Gasteiger partial charge in [-0.1, -0.05) is 47.7 Å². The van der Waals surface area contributed by atoms with Gasteiger partial charge >= 0.3 is 0 Å². The summed E-state index contributed by atoms with van der Waals surface area (Å²) in [5.41, 5.74) is 3.32. The summed E-state index contributed by atoms with van der Waals surface area (Å²) in [5.74, 6) is -0.117. The lowest BCUT2D eigenvalue weighted by Gasteiger charge is -2.08. The van der Waals surface area contributed by atoms with Gasteiger partial charge in [0.1, 0.15) is 15.4 Å². The monoisotopic (exact) mass is 381 g/mol. The van der Waals surface area contributed by atoms with Gasteiger partial charge in [0.25, 0.3) is 5.91 Å². The number of amides is 1. The van der Waals surface area contributed by atoms with Crippen LogP contribution in [0.25, 0.3) is 31.7 Å². The molecule has 4 nitrogen and oxygen atoms in total. The maximum atomic E-state index is 12.8. The van der Waals surface area contributed by atoms with Gasteiger partial charge in [0, 0.05) is 23.0 Å². The topological polar surface area (TPSA) is 54.9 Å². The largest absolute Gasteiger partial charge is 0.322 e. The van der Waals surface area contributed by atoms with Crippen LogP contribution in [0.1, 0.15) is 10.4 Å². The Kier molecular flexibility index (Phi) is 4.07. The number of aromatic nitrogens is 2. The molecule has 0 aliphatic rings. The predicted octanol–water partition coefficient (Wildman–Crippen LogP) is 5.76. The predicted molar refractivity (Wildman–Crippen MR) is 115 cm³/mol. The molecule has 0 saturated carbocycles. The fourth-order valence-corrected chi connectivity index (χ4v) is 4.12. The van der Waals surface area contributed by atoms with Crippen LogP contribution in [0.2, 0.25) is 0 Å². The van der Waals surface area contributed by atoms with E-state index in [-0.39, 0.29) is 5.91 Å². The minimum Gasteiger partial charge on any atom is -0.322 e. The lowest BCUT2D eigenvalue weighted by Crippen LogP contribution is -2.12. The molecule has 134 valence electrons. The molecule has 0 aliphatic heterocycles. The van der Waals surface area contributed by atoms with Gasteiger partial charge < -0.3 is 5.32 Å². The van der Waals surface area contributed by atoms with Crippen molar-refractivity contribution in [2.24, 2.45) is 0 Å². The van der Waals surface area contributed by atoms with Crippen molar-refractivity contribution in [1.29, 1.82) is 0 Å². The number of nitrogens with one attached hydrogen (secondary N) is 1. The highest BCUT2D eigenvalue weighted by atomic mass is 32.1. The average Bonchev–Trinajstić information content (AvgIpc) is 3.18. The molecule has 3 aromatic carbocycles. The molecule has 0 spiro atoms.